The molecule has 11 heteroatoms. The fourth-order valence-corrected chi connectivity index (χ4v) is 3.45. The Hall–Kier alpha value is -2.30. The standard InChI is InChI=1S/C12H15F2N5O3S/c1-7-4-15-18(3)12(7)23(21,22)17-11(20)9-5-19(6-10(13)14)16-8(9)2/h4-5,10H,6H2,1-3H3,(H,17,20). The molecule has 0 spiro atoms. The smallest absolute Gasteiger partial charge is 0.268 e. The third-order valence-electron chi connectivity index (χ3n) is 3.05. The van der Waals surface area contributed by atoms with E-state index < -0.39 is 28.9 Å². The highest BCUT2D eigenvalue weighted by atomic mass is 32.2. The van der Waals surface area contributed by atoms with Crippen molar-refractivity contribution in [2.45, 2.75) is 31.8 Å². The van der Waals surface area contributed by atoms with Crippen LogP contribution in [0.4, 0.5) is 8.78 Å². The van der Waals surface area contributed by atoms with Gasteiger partial charge < -0.3 is 0 Å². The molecule has 0 saturated carbocycles. The fraction of sp³-hybridized carbons (Fsp3) is 0.417. The molecule has 0 radical (unpaired) electrons. The Labute approximate surface area is 131 Å². The quantitative estimate of drug-likeness (QED) is 0.855. The van der Waals surface area contributed by atoms with Gasteiger partial charge in [0.05, 0.1) is 17.5 Å². The molecule has 8 nitrogen and oxygen atoms in total. The molecule has 0 aliphatic rings. The van der Waals surface area contributed by atoms with Crippen LogP contribution in [0.5, 0.6) is 0 Å². The van der Waals surface area contributed by atoms with Crippen LogP contribution in [-0.2, 0) is 23.6 Å². The van der Waals surface area contributed by atoms with Crippen molar-refractivity contribution < 1.29 is 22.0 Å². The van der Waals surface area contributed by atoms with E-state index in [1.807, 2.05) is 4.72 Å². The second kappa shape index (κ2) is 6.07. The molecule has 0 saturated heterocycles. The van der Waals surface area contributed by atoms with Crippen LogP contribution in [0.2, 0.25) is 0 Å². The maximum Gasteiger partial charge on any atom is 0.281 e. The van der Waals surface area contributed by atoms with Gasteiger partial charge in [-0.2, -0.15) is 18.6 Å². The molecule has 126 valence electrons. The first kappa shape index (κ1) is 17.1. The van der Waals surface area contributed by atoms with Crippen molar-refractivity contribution in [3.8, 4) is 0 Å². The van der Waals surface area contributed by atoms with E-state index in [9.17, 15) is 22.0 Å². The second-order valence-electron chi connectivity index (χ2n) is 4.93. The van der Waals surface area contributed by atoms with Crippen LogP contribution in [0.15, 0.2) is 17.4 Å². The minimum absolute atomic E-state index is 0.0888. The molecule has 1 N–H and O–H groups in total. The molecule has 0 bridgehead atoms. The summed E-state index contributed by atoms with van der Waals surface area (Å²) in [6.07, 6.45) is -0.195. The molecule has 0 aliphatic carbocycles. The number of hydrogen-bond donors (Lipinski definition) is 1. The largest absolute Gasteiger partial charge is 0.281 e. The van der Waals surface area contributed by atoms with Gasteiger partial charge in [-0.25, -0.2) is 13.5 Å². The van der Waals surface area contributed by atoms with Crippen molar-refractivity contribution >= 4 is 15.9 Å². The molecule has 0 aliphatic heterocycles. The Balaban J connectivity index is 2.27. The van der Waals surface area contributed by atoms with Crippen LogP contribution in [0.25, 0.3) is 0 Å². The number of alkyl halides is 2. The number of aryl methyl sites for hydroxylation is 3. The molecule has 1 amide bonds. The average Bonchev–Trinajstić information content (AvgIpc) is 2.91. The predicted octanol–water partition coefficient (Wildman–Crippen LogP) is 0.617. The lowest BCUT2D eigenvalue weighted by molar-refractivity contribution is 0.0979. The molecule has 2 aromatic heterocycles. The molecule has 2 rings (SSSR count). The number of carbonyl (C=O) groups is 1. The second-order valence-corrected chi connectivity index (χ2v) is 6.53. The number of amides is 1. The number of sulfonamides is 1. The third kappa shape index (κ3) is 3.55. The average molecular weight is 347 g/mol. The van der Waals surface area contributed by atoms with E-state index in [1.165, 1.54) is 27.1 Å². The lowest BCUT2D eigenvalue weighted by atomic mass is 10.2. The summed E-state index contributed by atoms with van der Waals surface area (Å²) in [6, 6.07) is 0. The van der Waals surface area contributed by atoms with Crippen molar-refractivity contribution in [1.82, 2.24) is 24.3 Å². The Kier molecular flexibility index (Phi) is 4.50. The highest BCUT2D eigenvalue weighted by molar-refractivity contribution is 7.90. The Morgan fingerprint density at radius 2 is 2.04 bits per heavy atom. The molecular weight excluding hydrogens is 332 g/mol. The van der Waals surface area contributed by atoms with Crippen LogP contribution >= 0.6 is 0 Å². The highest BCUT2D eigenvalue weighted by Crippen LogP contribution is 2.14. The number of aromatic nitrogens is 4. The Bertz CT molecular complexity index is 821. The summed E-state index contributed by atoms with van der Waals surface area (Å²) >= 11 is 0. The highest BCUT2D eigenvalue weighted by Gasteiger charge is 2.26. The van der Waals surface area contributed by atoms with E-state index in [0.29, 0.717) is 5.56 Å². The number of carbonyl (C=O) groups excluding carboxylic acids is 1. The van der Waals surface area contributed by atoms with Crippen LogP contribution in [0.1, 0.15) is 21.6 Å². The maximum absolute atomic E-state index is 12.3. The summed E-state index contributed by atoms with van der Waals surface area (Å²) in [7, 11) is -2.71. The monoisotopic (exact) mass is 347 g/mol. The van der Waals surface area contributed by atoms with Gasteiger partial charge in [0.15, 0.2) is 5.03 Å². The molecule has 0 fully saturated rings. The van der Waals surface area contributed by atoms with E-state index >= 15 is 0 Å². The topological polar surface area (TPSA) is 98.9 Å². The van der Waals surface area contributed by atoms with E-state index in [1.54, 1.807) is 0 Å². The van der Waals surface area contributed by atoms with E-state index in [-0.39, 0.29) is 16.3 Å². The minimum atomic E-state index is -4.14. The zero-order valence-corrected chi connectivity index (χ0v) is 13.4. The Morgan fingerprint density at radius 1 is 1.39 bits per heavy atom. The summed E-state index contributed by atoms with van der Waals surface area (Å²) in [5, 5.41) is 7.42. The fourth-order valence-electron chi connectivity index (χ4n) is 2.12. The molecule has 2 aromatic rings. The number of nitrogens with one attached hydrogen (secondary N) is 1. The predicted molar refractivity (Wildman–Crippen MR) is 75.6 cm³/mol. The summed E-state index contributed by atoms with van der Waals surface area (Å²) in [5.74, 6) is -0.941. The van der Waals surface area contributed by atoms with Gasteiger partial charge in [-0.3, -0.25) is 14.2 Å². The van der Waals surface area contributed by atoms with Crippen molar-refractivity contribution in [2.75, 3.05) is 0 Å². The van der Waals surface area contributed by atoms with Gasteiger partial charge in [0.2, 0.25) is 0 Å². The first-order valence-corrected chi connectivity index (χ1v) is 7.98. The number of nitrogens with zero attached hydrogens (tertiary/aromatic N) is 4. The third-order valence-corrected chi connectivity index (χ3v) is 4.60. The van der Waals surface area contributed by atoms with Crippen LogP contribution < -0.4 is 4.72 Å². The summed E-state index contributed by atoms with van der Waals surface area (Å²) in [4.78, 5) is 12.1. The van der Waals surface area contributed by atoms with Gasteiger partial charge in [0, 0.05) is 18.8 Å². The van der Waals surface area contributed by atoms with Gasteiger partial charge in [0.25, 0.3) is 22.4 Å². The van der Waals surface area contributed by atoms with Crippen LogP contribution in [0, 0.1) is 13.8 Å². The number of halogens is 2. The lowest BCUT2D eigenvalue weighted by Gasteiger charge is -2.07. The van der Waals surface area contributed by atoms with Gasteiger partial charge in [-0.05, 0) is 13.8 Å². The first-order chi connectivity index (χ1) is 10.6. The van der Waals surface area contributed by atoms with Crippen molar-refractivity contribution in [1.29, 1.82) is 0 Å². The van der Waals surface area contributed by atoms with E-state index in [2.05, 4.69) is 10.2 Å². The van der Waals surface area contributed by atoms with Gasteiger partial charge in [-0.1, -0.05) is 0 Å². The molecule has 23 heavy (non-hydrogen) atoms. The molecule has 0 atom stereocenters. The molecule has 0 unspecified atom stereocenters. The Morgan fingerprint density at radius 3 is 2.57 bits per heavy atom. The van der Waals surface area contributed by atoms with Crippen LogP contribution in [-0.4, -0.2) is 40.3 Å². The summed E-state index contributed by atoms with van der Waals surface area (Å²) < 4.78 is 53.2. The summed E-state index contributed by atoms with van der Waals surface area (Å²) in [5.41, 5.74) is 0.437. The normalized spacial score (nSPS) is 11.9. The van der Waals surface area contributed by atoms with Crippen molar-refractivity contribution in [2.24, 2.45) is 7.05 Å². The minimum Gasteiger partial charge on any atom is -0.268 e. The summed E-state index contributed by atoms with van der Waals surface area (Å²) in [6.45, 7) is 2.29. The van der Waals surface area contributed by atoms with Gasteiger partial charge >= 0.3 is 0 Å². The van der Waals surface area contributed by atoms with Gasteiger partial charge in [0.1, 0.15) is 6.54 Å². The molecular formula is C12H15F2N5O3S. The molecule has 2 heterocycles. The van der Waals surface area contributed by atoms with Crippen molar-refractivity contribution in [3.05, 3.63) is 29.2 Å². The van der Waals surface area contributed by atoms with Crippen LogP contribution in [0.3, 0.4) is 0 Å². The van der Waals surface area contributed by atoms with Gasteiger partial charge in [-0.15, -0.1) is 0 Å². The van der Waals surface area contributed by atoms with E-state index in [4.69, 9.17) is 0 Å². The SMILES string of the molecule is Cc1cnn(C)c1S(=O)(=O)NC(=O)c1cn(CC(F)F)nc1C. The first-order valence-electron chi connectivity index (χ1n) is 6.49. The lowest BCUT2D eigenvalue weighted by Crippen LogP contribution is -2.32. The van der Waals surface area contributed by atoms with E-state index in [0.717, 1.165) is 15.6 Å². The zero-order chi connectivity index (χ0) is 17.4. The maximum atomic E-state index is 12.3. The van der Waals surface area contributed by atoms with Crippen molar-refractivity contribution in [3.63, 3.8) is 0 Å². The number of rotatable bonds is 5. The zero-order valence-electron chi connectivity index (χ0n) is 12.6. The number of hydrogen-bond acceptors (Lipinski definition) is 5. The molecule has 0 aromatic carbocycles.